The number of hydrogen-bond acceptors (Lipinski definition) is 12. The third-order valence-corrected chi connectivity index (χ3v) is 13.3. The molecule has 4 N–H and O–H groups in total. The Labute approximate surface area is 390 Å². The monoisotopic (exact) mass is 922 g/mol. The molecule has 6 amide bonds. The lowest BCUT2D eigenvalue weighted by Crippen LogP contribution is -2.65. The van der Waals surface area contributed by atoms with Crippen molar-refractivity contribution in [2.75, 3.05) is 39.1 Å². The topological polar surface area (TPSA) is 228 Å². The molecule has 3 aliphatic rings. The van der Waals surface area contributed by atoms with Crippen LogP contribution in [0.2, 0.25) is 0 Å². The third kappa shape index (κ3) is 10.7. The lowest BCUT2D eigenvalue weighted by molar-refractivity contribution is -0.158. The number of carbonyl (C=O) groups excluding carboxylic acids is 8. The predicted molar refractivity (Wildman–Crippen MR) is 246 cm³/mol. The Balaban J connectivity index is 1.49. The summed E-state index contributed by atoms with van der Waals surface area (Å²) in [5.74, 6) is -7.20. The standard InChI is InChI=1S/C49H62N8O10/c1-9-49(5)48(66)56-24-14-17-34(56)45(63)55(8)36(25-30-19-21-32(22-20-30)54(6)7)46(64)57-27-33(28(2)3)38(59)26-35(57)42(60)52-40(31-15-11-10-12-16-31)47(65)67-29(4)39(44(62)53-49)51-43(61)41-37(58)18-13-23-50-41/h10-13,15-16,18-23,28-29,33-36,39-40,58H,9,14,17,24-27H2,1-8H3,(H,51,61)(H,52,60)(H,53,62)/t29-,33+,34+,35+,36+,39+,40+,49-/m1/s1. The second kappa shape index (κ2) is 20.8. The number of carbonyl (C=O) groups is 8. The summed E-state index contributed by atoms with van der Waals surface area (Å²) in [6, 6.07) is 11.2. The van der Waals surface area contributed by atoms with Gasteiger partial charge in [-0.15, -0.1) is 0 Å². The smallest absolute Gasteiger partial charge is 0.333 e. The highest BCUT2D eigenvalue weighted by Gasteiger charge is 2.49. The van der Waals surface area contributed by atoms with Gasteiger partial charge in [0, 0.05) is 64.9 Å². The molecule has 0 radical (unpaired) electrons. The molecule has 18 heteroatoms. The molecule has 3 fully saturated rings. The number of cyclic esters (lactones) is 1. The molecule has 3 aromatic rings. The summed E-state index contributed by atoms with van der Waals surface area (Å²) in [5.41, 5.74) is -0.237. The number of ketones is 1. The number of rotatable bonds is 8. The molecule has 6 rings (SSSR count). The Kier molecular flexibility index (Phi) is 15.4. The third-order valence-electron chi connectivity index (χ3n) is 13.3. The van der Waals surface area contributed by atoms with Gasteiger partial charge in [-0.25, -0.2) is 9.78 Å². The molecular weight excluding hydrogens is 861 g/mol. The number of anilines is 1. The minimum absolute atomic E-state index is 0.0174. The van der Waals surface area contributed by atoms with Gasteiger partial charge in [-0.3, -0.25) is 33.6 Å². The molecule has 67 heavy (non-hydrogen) atoms. The number of aromatic hydroxyl groups is 1. The van der Waals surface area contributed by atoms with Crippen LogP contribution in [0.5, 0.6) is 5.75 Å². The van der Waals surface area contributed by atoms with Crippen molar-refractivity contribution in [1.29, 1.82) is 0 Å². The van der Waals surface area contributed by atoms with Crippen LogP contribution < -0.4 is 20.9 Å². The highest BCUT2D eigenvalue weighted by Crippen LogP contribution is 2.31. The van der Waals surface area contributed by atoms with E-state index in [2.05, 4.69) is 20.9 Å². The molecule has 0 saturated carbocycles. The Morgan fingerprint density at radius 1 is 0.940 bits per heavy atom. The molecule has 3 aliphatic heterocycles. The van der Waals surface area contributed by atoms with E-state index in [9.17, 15) is 38.7 Å². The number of fused-ring (bicyclic) bond motifs is 2. The van der Waals surface area contributed by atoms with Crippen LogP contribution in [0, 0.1) is 11.8 Å². The maximum absolute atomic E-state index is 15.4. The Morgan fingerprint density at radius 3 is 2.25 bits per heavy atom. The summed E-state index contributed by atoms with van der Waals surface area (Å²) in [7, 11) is 5.28. The molecule has 0 unspecified atom stereocenters. The predicted octanol–water partition coefficient (Wildman–Crippen LogP) is 2.54. The average Bonchev–Trinajstić information content (AvgIpc) is 3.80. The summed E-state index contributed by atoms with van der Waals surface area (Å²) in [5, 5.41) is 18.5. The largest absolute Gasteiger partial charge is 0.505 e. The van der Waals surface area contributed by atoms with Crippen molar-refractivity contribution in [2.45, 2.75) is 109 Å². The number of pyridine rings is 1. The van der Waals surface area contributed by atoms with Crippen LogP contribution in [-0.4, -0.2) is 142 Å². The Hall–Kier alpha value is -6.85. The van der Waals surface area contributed by atoms with Crippen LogP contribution in [0.3, 0.4) is 0 Å². The first-order chi connectivity index (χ1) is 31.8. The molecule has 1 aromatic heterocycles. The first-order valence-electron chi connectivity index (χ1n) is 22.8. The quantitative estimate of drug-likeness (QED) is 0.239. The van der Waals surface area contributed by atoms with Crippen molar-refractivity contribution < 1.29 is 48.2 Å². The zero-order chi connectivity index (χ0) is 48.9. The van der Waals surface area contributed by atoms with Crippen LogP contribution in [0.4, 0.5) is 5.69 Å². The lowest BCUT2D eigenvalue weighted by Gasteiger charge is -2.43. The van der Waals surface area contributed by atoms with Gasteiger partial charge in [-0.2, -0.15) is 0 Å². The number of nitrogens with zero attached hydrogens (tertiary/aromatic N) is 5. The van der Waals surface area contributed by atoms with Gasteiger partial charge in [0.25, 0.3) is 5.91 Å². The van der Waals surface area contributed by atoms with Crippen molar-refractivity contribution in [3.63, 3.8) is 0 Å². The molecule has 0 spiro atoms. The van der Waals surface area contributed by atoms with E-state index >= 15 is 4.79 Å². The second-order valence-corrected chi connectivity index (χ2v) is 18.4. The average molecular weight is 923 g/mol. The van der Waals surface area contributed by atoms with Gasteiger partial charge in [0.1, 0.15) is 47.3 Å². The molecular formula is C49H62N8O10. The maximum Gasteiger partial charge on any atom is 0.333 e. The zero-order valence-corrected chi connectivity index (χ0v) is 39.4. The highest BCUT2D eigenvalue weighted by molar-refractivity contribution is 6.02. The van der Waals surface area contributed by atoms with Gasteiger partial charge in [-0.05, 0) is 74.4 Å². The number of piperidine rings is 1. The number of nitrogens with one attached hydrogen (secondary N) is 3. The van der Waals surface area contributed by atoms with E-state index in [1.807, 2.05) is 57.1 Å². The number of hydrogen-bond donors (Lipinski definition) is 4. The van der Waals surface area contributed by atoms with E-state index in [0.717, 1.165) is 5.69 Å². The van der Waals surface area contributed by atoms with Crippen molar-refractivity contribution in [3.8, 4) is 5.75 Å². The number of aromatic nitrogens is 1. The molecule has 4 heterocycles. The molecule has 8 atom stereocenters. The fourth-order valence-corrected chi connectivity index (χ4v) is 8.96. The summed E-state index contributed by atoms with van der Waals surface area (Å²) in [6.07, 6.45) is 0.111. The molecule has 3 saturated heterocycles. The van der Waals surface area contributed by atoms with Gasteiger partial charge < -0.3 is 45.4 Å². The Bertz CT molecular complexity index is 2360. The number of ether oxygens (including phenoxy) is 1. The highest BCUT2D eigenvalue weighted by atomic mass is 16.5. The van der Waals surface area contributed by atoms with Crippen molar-refractivity contribution in [1.82, 2.24) is 35.6 Å². The number of amides is 6. The number of Topliss-reactive ketones (excluding diaryl/α,β-unsaturated/α-hetero) is 1. The number of likely N-dealkylation sites (N-methyl/N-ethyl adjacent to an activating group) is 1. The van der Waals surface area contributed by atoms with Crippen LogP contribution in [0.1, 0.15) is 88.0 Å². The first kappa shape index (κ1) is 49.6. The maximum atomic E-state index is 15.4. The van der Waals surface area contributed by atoms with E-state index in [0.29, 0.717) is 12.0 Å². The van der Waals surface area contributed by atoms with Gasteiger partial charge in [0.2, 0.25) is 29.5 Å². The van der Waals surface area contributed by atoms with Gasteiger partial charge in [0.05, 0.1) is 0 Å². The van der Waals surface area contributed by atoms with E-state index in [-0.39, 0.29) is 56.0 Å². The minimum Gasteiger partial charge on any atom is -0.505 e. The van der Waals surface area contributed by atoms with Gasteiger partial charge in [0.15, 0.2) is 11.7 Å². The normalized spacial score (nSPS) is 27.0. The van der Waals surface area contributed by atoms with Crippen LogP contribution in [0.15, 0.2) is 72.9 Å². The molecule has 358 valence electrons. The van der Waals surface area contributed by atoms with E-state index < -0.39 is 101 Å². The van der Waals surface area contributed by atoms with E-state index in [1.54, 1.807) is 37.3 Å². The van der Waals surface area contributed by atoms with Crippen LogP contribution in [0.25, 0.3) is 0 Å². The van der Waals surface area contributed by atoms with E-state index in [4.69, 9.17) is 4.74 Å². The van der Waals surface area contributed by atoms with Crippen LogP contribution >= 0.6 is 0 Å². The number of esters is 1. The first-order valence-corrected chi connectivity index (χ1v) is 22.8. The van der Waals surface area contributed by atoms with E-state index in [1.165, 1.54) is 53.9 Å². The second-order valence-electron chi connectivity index (χ2n) is 18.4. The van der Waals surface area contributed by atoms with Crippen molar-refractivity contribution in [3.05, 3.63) is 89.7 Å². The lowest BCUT2D eigenvalue weighted by atomic mass is 9.82. The minimum atomic E-state index is -1.71. The molecule has 0 aliphatic carbocycles. The van der Waals surface area contributed by atoms with Gasteiger partial charge in [-0.1, -0.05) is 63.2 Å². The SMILES string of the molecule is CC[C@@]1(C)NC(=O)[C@@H](NC(=O)c2ncccc2O)[C@@H](C)OC(=O)[C@H](c2ccccc2)NC(=O)[C@@H]2CC(=O)[C@H](C(C)C)CN2C(=O)[C@H](Cc2ccc(N(C)C)cc2)N(C)C(=O)[C@@H]2CCCN2C1=O. The Morgan fingerprint density at radius 2 is 1.63 bits per heavy atom. The molecule has 2 aromatic carbocycles. The summed E-state index contributed by atoms with van der Waals surface area (Å²) >= 11 is 0. The zero-order valence-electron chi connectivity index (χ0n) is 39.4. The molecule has 18 nitrogen and oxygen atoms in total. The summed E-state index contributed by atoms with van der Waals surface area (Å²) in [6.45, 7) is 8.21. The van der Waals surface area contributed by atoms with Gasteiger partial charge >= 0.3 is 5.97 Å². The fourth-order valence-electron chi connectivity index (χ4n) is 8.96. The number of benzene rings is 2. The summed E-state index contributed by atoms with van der Waals surface area (Å²) in [4.78, 5) is 126. The van der Waals surface area contributed by atoms with Crippen LogP contribution in [-0.2, 0) is 44.7 Å². The van der Waals surface area contributed by atoms with Crippen molar-refractivity contribution in [2.24, 2.45) is 11.8 Å². The molecule has 0 bridgehead atoms. The summed E-state index contributed by atoms with van der Waals surface area (Å²) < 4.78 is 5.93. The van der Waals surface area contributed by atoms with Crippen molar-refractivity contribution >= 4 is 52.9 Å². The fraction of sp³-hybridized carbons (Fsp3) is 0.490.